The lowest BCUT2D eigenvalue weighted by atomic mass is 9.90. The summed E-state index contributed by atoms with van der Waals surface area (Å²) in [7, 11) is 0. The molecule has 2 unspecified atom stereocenters. The minimum absolute atomic E-state index is 0.0421. The Labute approximate surface area is 106 Å². The Balaban J connectivity index is 2.40. The summed E-state index contributed by atoms with van der Waals surface area (Å²) in [6, 6.07) is -0.0421. The van der Waals surface area contributed by atoms with Gasteiger partial charge in [-0.15, -0.1) is 0 Å². The van der Waals surface area contributed by atoms with Crippen LogP contribution in [0, 0.1) is 5.92 Å². The van der Waals surface area contributed by atoms with Gasteiger partial charge in [0.2, 0.25) is 0 Å². The highest BCUT2D eigenvalue weighted by molar-refractivity contribution is 5.67. The summed E-state index contributed by atoms with van der Waals surface area (Å²) in [4.78, 5) is 11.4. The maximum Gasteiger partial charge on any atom is 0.407 e. The third kappa shape index (κ3) is 5.16. The van der Waals surface area contributed by atoms with Crippen LogP contribution >= 0.6 is 0 Å². The Morgan fingerprint density at radius 2 is 2.11 bits per heavy atom. The van der Waals surface area contributed by atoms with Gasteiger partial charge in [0.1, 0.15) is 5.60 Å². The molecule has 1 amide bonds. The number of ether oxygens (including phenoxy) is 1. The molecule has 1 heterocycles. The van der Waals surface area contributed by atoms with Crippen LogP contribution < -0.4 is 10.6 Å². The van der Waals surface area contributed by atoms with E-state index in [1.807, 2.05) is 6.92 Å². The molecule has 1 saturated heterocycles. The van der Waals surface area contributed by atoms with Crippen LogP contribution in [-0.4, -0.2) is 36.7 Å². The monoisotopic (exact) mass is 264 g/mol. The van der Waals surface area contributed by atoms with Crippen molar-refractivity contribution < 1.29 is 18.3 Å². The number of rotatable bonds is 2. The van der Waals surface area contributed by atoms with Crippen LogP contribution in [0.2, 0.25) is 0 Å². The number of nitrogens with one attached hydrogen (secondary N) is 2. The number of alkyl halides is 2. The largest absolute Gasteiger partial charge is 0.444 e. The molecule has 0 aliphatic carbocycles. The summed E-state index contributed by atoms with van der Waals surface area (Å²) in [6.45, 7) is 7.01. The maximum atomic E-state index is 13.2. The van der Waals surface area contributed by atoms with Crippen LogP contribution in [-0.2, 0) is 4.74 Å². The highest BCUT2D eigenvalue weighted by Crippen LogP contribution is 2.28. The van der Waals surface area contributed by atoms with Gasteiger partial charge in [-0.1, -0.05) is 0 Å². The van der Waals surface area contributed by atoms with Crippen LogP contribution in [0.15, 0.2) is 0 Å². The highest BCUT2D eigenvalue weighted by atomic mass is 19.3. The van der Waals surface area contributed by atoms with E-state index >= 15 is 0 Å². The first-order valence-corrected chi connectivity index (χ1v) is 6.17. The average Bonchev–Trinajstić information content (AvgIpc) is 2.17. The fourth-order valence-corrected chi connectivity index (χ4v) is 1.89. The molecule has 0 aromatic heterocycles. The lowest BCUT2D eigenvalue weighted by Gasteiger charge is -2.35. The van der Waals surface area contributed by atoms with Crippen molar-refractivity contribution >= 4 is 6.09 Å². The molecule has 106 valence electrons. The van der Waals surface area contributed by atoms with Gasteiger partial charge < -0.3 is 15.4 Å². The first-order valence-electron chi connectivity index (χ1n) is 6.17. The van der Waals surface area contributed by atoms with E-state index in [0.29, 0.717) is 0 Å². The van der Waals surface area contributed by atoms with Crippen molar-refractivity contribution in [3.63, 3.8) is 0 Å². The van der Waals surface area contributed by atoms with E-state index in [1.165, 1.54) is 0 Å². The van der Waals surface area contributed by atoms with Gasteiger partial charge in [0.05, 0.1) is 6.54 Å². The van der Waals surface area contributed by atoms with Gasteiger partial charge in [0.15, 0.2) is 0 Å². The van der Waals surface area contributed by atoms with Gasteiger partial charge in [-0.25, -0.2) is 13.6 Å². The third-order valence-corrected chi connectivity index (χ3v) is 2.86. The molecule has 2 atom stereocenters. The van der Waals surface area contributed by atoms with Crippen molar-refractivity contribution in [3.8, 4) is 0 Å². The van der Waals surface area contributed by atoms with Crippen molar-refractivity contribution in [2.24, 2.45) is 5.92 Å². The minimum atomic E-state index is -2.70. The normalized spacial score (nSPS) is 27.7. The average molecular weight is 264 g/mol. The molecule has 1 aliphatic heterocycles. The lowest BCUT2D eigenvalue weighted by molar-refractivity contribution is -0.0500. The lowest BCUT2D eigenvalue weighted by Crippen LogP contribution is -2.52. The number of carbonyl (C=O) groups excluding carboxylic acids is 1. The molecule has 0 saturated carbocycles. The van der Waals surface area contributed by atoms with Gasteiger partial charge in [0.25, 0.3) is 5.92 Å². The highest BCUT2D eigenvalue weighted by Gasteiger charge is 2.39. The van der Waals surface area contributed by atoms with E-state index in [9.17, 15) is 13.6 Å². The second kappa shape index (κ2) is 5.38. The SMILES string of the molecule is CC1NCC(F)(F)CC1CNC(=O)OC(C)(C)C. The zero-order chi connectivity index (χ0) is 14.0. The molecule has 0 aromatic rings. The second-order valence-corrected chi connectivity index (χ2v) is 5.87. The van der Waals surface area contributed by atoms with Crippen molar-refractivity contribution in [1.29, 1.82) is 0 Å². The fourth-order valence-electron chi connectivity index (χ4n) is 1.89. The molecule has 4 nitrogen and oxygen atoms in total. The van der Waals surface area contributed by atoms with Crippen LogP contribution in [0.4, 0.5) is 13.6 Å². The van der Waals surface area contributed by atoms with Crippen LogP contribution in [0.5, 0.6) is 0 Å². The third-order valence-electron chi connectivity index (χ3n) is 2.86. The van der Waals surface area contributed by atoms with Gasteiger partial charge in [-0.05, 0) is 33.6 Å². The number of piperidine rings is 1. The predicted molar refractivity (Wildman–Crippen MR) is 64.8 cm³/mol. The summed E-state index contributed by atoms with van der Waals surface area (Å²) in [5.74, 6) is -2.99. The van der Waals surface area contributed by atoms with E-state index in [0.717, 1.165) is 0 Å². The Hall–Kier alpha value is -0.910. The second-order valence-electron chi connectivity index (χ2n) is 5.87. The molecule has 0 radical (unpaired) electrons. The zero-order valence-corrected chi connectivity index (χ0v) is 11.3. The van der Waals surface area contributed by atoms with Crippen molar-refractivity contribution in [1.82, 2.24) is 10.6 Å². The zero-order valence-electron chi connectivity index (χ0n) is 11.3. The van der Waals surface area contributed by atoms with Crippen molar-refractivity contribution in [2.45, 2.75) is 51.7 Å². The number of amides is 1. The first kappa shape index (κ1) is 15.1. The molecule has 2 N–H and O–H groups in total. The Bertz CT molecular complexity index is 303. The summed E-state index contributed by atoms with van der Waals surface area (Å²) < 4.78 is 31.5. The van der Waals surface area contributed by atoms with Crippen LogP contribution in [0.3, 0.4) is 0 Å². The van der Waals surface area contributed by atoms with Gasteiger partial charge in [-0.2, -0.15) is 0 Å². The van der Waals surface area contributed by atoms with Gasteiger partial charge >= 0.3 is 6.09 Å². The van der Waals surface area contributed by atoms with E-state index in [4.69, 9.17) is 4.74 Å². The molecular weight excluding hydrogens is 242 g/mol. The Kier molecular flexibility index (Phi) is 4.53. The number of hydrogen-bond acceptors (Lipinski definition) is 3. The predicted octanol–water partition coefficient (Wildman–Crippen LogP) is 2.14. The summed E-state index contributed by atoms with van der Waals surface area (Å²) in [5.41, 5.74) is -0.579. The molecule has 18 heavy (non-hydrogen) atoms. The van der Waals surface area contributed by atoms with E-state index in [1.54, 1.807) is 20.8 Å². The molecule has 1 rings (SSSR count). The molecule has 0 bridgehead atoms. The summed E-state index contributed by atoms with van der Waals surface area (Å²) in [5, 5.41) is 5.29. The fraction of sp³-hybridized carbons (Fsp3) is 0.917. The van der Waals surface area contributed by atoms with Crippen molar-refractivity contribution in [3.05, 3.63) is 0 Å². The van der Waals surface area contributed by atoms with E-state index in [-0.39, 0.29) is 31.5 Å². The number of hydrogen-bond donors (Lipinski definition) is 2. The number of carbonyl (C=O) groups is 1. The standard InChI is InChI=1S/C12H22F2N2O2/c1-8-9(5-12(13,14)7-16-8)6-15-10(17)18-11(2,3)4/h8-9,16H,5-7H2,1-4H3,(H,15,17). The Morgan fingerprint density at radius 3 is 2.67 bits per heavy atom. The summed E-state index contributed by atoms with van der Waals surface area (Å²) in [6.07, 6.45) is -0.777. The molecule has 0 aromatic carbocycles. The quantitative estimate of drug-likeness (QED) is 0.803. The van der Waals surface area contributed by atoms with Gasteiger partial charge in [-0.3, -0.25) is 0 Å². The smallest absolute Gasteiger partial charge is 0.407 e. The summed E-state index contributed by atoms with van der Waals surface area (Å²) >= 11 is 0. The van der Waals surface area contributed by atoms with Crippen LogP contribution in [0.25, 0.3) is 0 Å². The van der Waals surface area contributed by atoms with Crippen molar-refractivity contribution in [2.75, 3.05) is 13.1 Å². The first-order chi connectivity index (χ1) is 8.09. The molecular formula is C12H22F2N2O2. The van der Waals surface area contributed by atoms with Crippen LogP contribution in [0.1, 0.15) is 34.1 Å². The number of halogens is 2. The molecule has 0 spiro atoms. The van der Waals surface area contributed by atoms with E-state index in [2.05, 4.69) is 10.6 Å². The maximum absolute atomic E-state index is 13.2. The molecule has 1 fully saturated rings. The van der Waals surface area contributed by atoms with Gasteiger partial charge in [0, 0.05) is 19.0 Å². The molecule has 6 heteroatoms. The minimum Gasteiger partial charge on any atom is -0.444 e. The topological polar surface area (TPSA) is 50.4 Å². The molecule has 1 aliphatic rings. The number of alkyl carbamates (subject to hydrolysis) is 1. The Morgan fingerprint density at radius 1 is 1.50 bits per heavy atom. The van der Waals surface area contributed by atoms with E-state index < -0.39 is 17.6 Å².